The average molecular weight is 271 g/mol. The molecule has 1 amide bonds. The minimum atomic E-state index is -0.457. The predicted octanol–water partition coefficient (Wildman–Crippen LogP) is 1.47. The van der Waals surface area contributed by atoms with Crippen LogP contribution in [0.2, 0.25) is 0 Å². The van der Waals surface area contributed by atoms with Gasteiger partial charge in [0.2, 0.25) is 0 Å². The van der Waals surface area contributed by atoms with E-state index in [1.54, 1.807) is 4.90 Å². The van der Waals surface area contributed by atoms with Crippen LogP contribution in [0.4, 0.5) is 0 Å². The number of β-amino-alcohol motifs (C(OH)–C–C–N with tert-alkyl or cyclic N) is 1. The molecule has 0 spiro atoms. The molecule has 1 fully saturated rings. The molecule has 0 saturated carbocycles. The van der Waals surface area contributed by atoms with Crippen molar-refractivity contribution >= 4 is 16.9 Å². The molecule has 2 heterocycles. The first-order valence-electron chi connectivity index (χ1n) is 6.84. The second-order valence-corrected chi connectivity index (χ2v) is 5.33. The molecule has 1 aliphatic heterocycles. The Hall–Kier alpha value is -2.01. The summed E-state index contributed by atoms with van der Waals surface area (Å²) in [7, 11) is 0. The van der Waals surface area contributed by atoms with Crippen molar-refractivity contribution in [2.75, 3.05) is 13.1 Å². The van der Waals surface area contributed by atoms with Gasteiger partial charge in [0.1, 0.15) is 5.69 Å². The Morgan fingerprint density at radius 2 is 2.10 bits per heavy atom. The SMILES string of the molecule is CC1CCN(C(=O)c2cnc3ccccc3n2)CC1O. The van der Waals surface area contributed by atoms with Gasteiger partial charge in [-0.3, -0.25) is 9.78 Å². The third kappa shape index (κ3) is 2.36. The van der Waals surface area contributed by atoms with Crippen molar-refractivity contribution in [3.63, 3.8) is 0 Å². The van der Waals surface area contributed by atoms with Crippen molar-refractivity contribution in [3.05, 3.63) is 36.2 Å². The van der Waals surface area contributed by atoms with Gasteiger partial charge in [0.15, 0.2) is 0 Å². The molecular formula is C15H17N3O2. The Labute approximate surface area is 117 Å². The second-order valence-electron chi connectivity index (χ2n) is 5.33. The van der Waals surface area contributed by atoms with Gasteiger partial charge in [-0.2, -0.15) is 0 Å². The number of fused-ring (bicyclic) bond motifs is 1. The summed E-state index contributed by atoms with van der Waals surface area (Å²) in [6, 6.07) is 7.47. The zero-order chi connectivity index (χ0) is 14.1. The maximum absolute atomic E-state index is 12.4. The summed E-state index contributed by atoms with van der Waals surface area (Å²) in [6.07, 6.45) is 1.87. The fourth-order valence-electron chi connectivity index (χ4n) is 2.46. The van der Waals surface area contributed by atoms with Crippen molar-refractivity contribution in [3.8, 4) is 0 Å². The molecule has 1 N–H and O–H groups in total. The molecular weight excluding hydrogens is 254 g/mol. The second kappa shape index (κ2) is 5.17. The van der Waals surface area contributed by atoms with E-state index in [1.165, 1.54) is 6.20 Å². The van der Waals surface area contributed by atoms with Gasteiger partial charge in [0.25, 0.3) is 5.91 Å². The van der Waals surface area contributed by atoms with Crippen molar-refractivity contribution < 1.29 is 9.90 Å². The average Bonchev–Trinajstić information content (AvgIpc) is 2.49. The highest BCUT2D eigenvalue weighted by molar-refractivity contribution is 5.93. The van der Waals surface area contributed by atoms with Crippen LogP contribution in [0.15, 0.2) is 30.5 Å². The number of amides is 1. The number of para-hydroxylation sites is 2. The fourth-order valence-corrected chi connectivity index (χ4v) is 2.46. The number of carbonyl (C=O) groups excluding carboxylic acids is 1. The number of piperidine rings is 1. The molecule has 3 rings (SSSR count). The largest absolute Gasteiger partial charge is 0.391 e. The highest BCUT2D eigenvalue weighted by Gasteiger charge is 2.28. The van der Waals surface area contributed by atoms with Crippen LogP contribution < -0.4 is 0 Å². The first-order chi connectivity index (χ1) is 9.65. The lowest BCUT2D eigenvalue weighted by atomic mass is 9.96. The van der Waals surface area contributed by atoms with Crippen molar-refractivity contribution in [2.45, 2.75) is 19.4 Å². The summed E-state index contributed by atoms with van der Waals surface area (Å²) in [5, 5.41) is 9.89. The number of likely N-dealkylation sites (tertiary alicyclic amines) is 1. The lowest BCUT2D eigenvalue weighted by Gasteiger charge is -2.34. The van der Waals surface area contributed by atoms with Crippen molar-refractivity contribution in [2.24, 2.45) is 5.92 Å². The smallest absolute Gasteiger partial charge is 0.274 e. The quantitative estimate of drug-likeness (QED) is 0.853. The molecule has 104 valence electrons. The molecule has 0 bridgehead atoms. The molecule has 5 heteroatoms. The predicted molar refractivity (Wildman–Crippen MR) is 75.2 cm³/mol. The Bertz CT molecular complexity index is 644. The number of carbonyl (C=O) groups is 1. The summed E-state index contributed by atoms with van der Waals surface area (Å²) >= 11 is 0. The molecule has 2 aromatic rings. The molecule has 20 heavy (non-hydrogen) atoms. The highest BCUT2D eigenvalue weighted by atomic mass is 16.3. The van der Waals surface area contributed by atoms with Gasteiger partial charge in [-0.1, -0.05) is 19.1 Å². The van der Waals surface area contributed by atoms with Gasteiger partial charge in [0, 0.05) is 13.1 Å². The van der Waals surface area contributed by atoms with E-state index in [0.717, 1.165) is 11.9 Å². The summed E-state index contributed by atoms with van der Waals surface area (Å²) in [5.41, 5.74) is 1.83. The Kier molecular flexibility index (Phi) is 3.36. The maximum Gasteiger partial charge on any atom is 0.274 e. The van der Waals surface area contributed by atoms with Crippen LogP contribution in [-0.4, -0.2) is 45.1 Å². The molecule has 1 aliphatic rings. The minimum absolute atomic E-state index is 0.158. The summed E-state index contributed by atoms with van der Waals surface area (Å²) < 4.78 is 0. The van der Waals surface area contributed by atoms with Crippen LogP contribution in [0.5, 0.6) is 0 Å². The third-order valence-corrected chi connectivity index (χ3v) is 3.87. The van der Waals surface area contributed by atoms with Crippen molar-refractivity contribution in [1.29, 1.82) is 0 Å². The van der Waals surface area contributed by atoms with E-state index in [-0.39, 0.29) is 11.8 Å². The molecule has 2 unspecified atom stereocenters. The number of hydrogen-bond acceptors (Lipinski definition) is 4. The zero-order valence-electron chi connectivity index (χ0n) is 11.4. The highest BCUT2D eigenvalue weighted by Crippen LogP contribution is 2.19. The molecule has 0 aliphatic carbocycles. The van der Waals surface area contributed by atoms with Gasteiger partial charge in [-0.15, -0.1) is 0 Å². The van der Waals surface area contributed by atoms with Crippen LogP contribution in [0.25, 0.3) is 11.0 Å². The Morgan fingerprint density at radius 1 is 1.35 bits per heavy atom. The monoisotopic (exact) mass is 271 g/mol. The van der Waals surface area contributed by atoms with E-state index in [4.69, 9.17) is 0 Å². The lowest BCUT2D eigenvalue weighted by molar-refractivity contribution is 0.0245. The van der Waals surface area contributed by atoms with E-state index in [9.17, 15) is 9.90 Å². The van der Waals surface area contributed by atoms with E-state index < -0.39 is 6.10 Å². The Morgan fingerprint density at radius 3 is 2.85 bits per heavy atom. The minimum Gasteiger partial charge on any atom is -0.391 e. The molecule has 1 aromatic heterocycles. The summed E-state index contributed by atoms with van der Waals surface area (Å²) in [5.74, 6) is 0.0796. The molecule has 0 radical (unpaired) electrons. The number of aromatic nitrogens is 2. The van der Waals surface area contributed by atoms with Crippen LogP contribution in [0, 0.1) is 5.92 Å². The number of benzene rings is 1. The van der Waals surface area contributed by atoms with E-state index in [1.807, 2.05) is 31.2 Å². The topological polar surface area (TPSA) is 66.3 Å². The summed E-state index contributed by atoms with van der Waals surface area (Å²) in [4.78, 5) is 22.7. The first-order valence-corrected chi connectivity index (χ1v) is 6.84. The summed E-state index contributed by atoms with van der Waals surface area (Å²) in [6.45, 7) is 3.03. The fraction of sp³-hybridized carbons (Fsp3) is 0.400. The number of aliphatic hydroxyl groups excluding tert-OH is 1. The van der Waals surface area contributed by atoms with Gasteiger partial charge < -0.3 is 10.0 Å². The van der Waals surface area contributed by atoms with E-state index in [0.29, 0.717) is 24.3 Å². The molecule has 5 nitrogen and oxygen atoms in total. The van der Waals surface area contributed by atoms with Gasteiger partial charge in [-0.25, -0.2) is 4.98 Å². The Balaban J connectivity index is 1.85. The standard InChI is InChI=1S/C15H17N3O2/c1-10-6-7-18(9-14(10)19)15(20)13-8-16-11-4-2-3-5-12(11)17-13/h2-5,8,10,14,19H,6-7,9H2,1H3. The molecule has 2 atom stereocenters. The molecule has 1 saturated heterocycles. The molecule has 1 aromatic carbocycles. The van der Waals surface area contributed by atoms with E-state index in [2.05, 4.69) is 9.97 Å². The van der Waals surface area contributed by atoms with Gasteiger partial charge in [0.05, 0.1) is 23.3 Å². The van der Waals surface area contributed by atoms with Gasteiger partial charge in [-0.05, 0) is 24.5 Å². The van der Waals surface area contributed by atoms with Gasteiger partial charge >= 0.3 is 0 Å². The number of aliphatic hydroxyl groups is 1. The van der Waals surface area contributed by atoms with Crippen molar-refractivity contribution in [1.82, 2.24) is 14.9 Å². The van der Waals surface area contributed by atoms with Crippen LogP contribution in [0.1, 0.15) is 23.8 Å². The normalized spacial score (nSPS) is 23.0. The zero-order valence-corrected chi connectivity index (χ0v) is 11.4. The number of hydrogen-bond donors (Lipinski definition) is 1. The number of rotatable bonds is 1. The van der Waals surface area contributed by atoms with Crippen LogP contribution in [0.3, 0.4) is 0 Å². The number of nitrogens with zero attached hydrogens (tertiary/aromatic N) is 3. The van der Waals surface area contributed by atoms with Crippen LogP contribution >= 0.6 is 0 Å². The van der Waals surface area contributed by atoms with E-state index >= 15 is 0 Å². The maximum atomic E-state index is 12.4. The first kappa shape index (κ1) is 13.0. The lowest BCUT2D eigenvalue weighted by Crippen LogP contribution is -2.46. The third-order valence-electron chi connectivity index (χ3n) is 3.87. The van der Waals surface area contributed by atoms with Crippen LogP contribution in [-0.2, 0) is 0 Å².